The van der Waals surface area contributed by atoms with Gasteiger partial charge in [-0.05, 0) is 30.4 Å². The van der Waals surface area contributed by atoms with Crippen molar-refractivity contribution >= 4 is 0 Å². The van der Waals surface area contributed by atoms with Gasteiger partial charge in [0, 0.05) is 6.54 Å². The second kappa shape index (κ2) is 7.31. The predicted octanol–water partition coefficient (Wildman–Crippen LogP) is 3.71. The average molecular weight is 256 g/mol. The first-order valence-corrected chi connectivity index (χ1v) is 7.46. The van der Waals surface area contributed by atoms with E-state index in [1.165, 1.54) is 25.7 Å². The minimum absolute atomic E-state index is 0.0277. The molecule has 2 heteroatoms. The van der Waals surface area contributed by atoms with Crippen molar-refractivity contribution in [3.05, 3.63) is 35.9 Å². The van der Waals surface area contributed by atoms with Crippen LogP contribution in [-0.4, -0.2) is 13.1 Å². The zero-order chi connectivity index (χ0) is 13.5. The Morgan fingerprint density at radius 1 is 1.26 bits per heavy atom. The van der Waals surface area contributed by atoms with Crippen LogP contribution in [0.4, 0.5) is 0 Å². The monoisotopic (exact) mass is 256 g/mol. The topological polar surface area (TPSA) is 35.8 Å². The van der Waals surface area contributed by atoms with Gasteiger partial charge in [-0.25, -0.2) is 0 Å². The largest absolute Gasteiger partial charge is 0.315 e. The minimum atomic E-state index is -0.0277. The molecule has 1 aromatic rings. The van der Waals surface area contributed by atoms with E-state index in [-0.39, 0.29) is 5.92 Å². The smallest absolute Gasteiger partial charge is 0.0837 e. The number of nitrogens with one attached hydrogen (secondary N) is 1. The number of hydrogen-bond acceptors (Lipinski definition) is 2. The summed E-state index contributed by atoms with van der Waals surface area (Å²) in [6.07, 6.45) is 5.48. The van der Waals surface area contributed by atoms with Crippen LogP contribution in [0.25, 0.3) is 0 Å². The Morgan fingerprint density at radius 3 is 2.68 bits per heavy atom. The van der Waals surface area contributed by atoms with Crippen LogP contribution in [0.1, 0.15) is 44.1 Å². The molecule has 1 aliphatic carbocycles. The highest BCUT2D eigenvalue weighted by atomic mass is 14.9. The van der Waals surface area contributed by atoms with Crippen LogP contribution >= 0.6 is 0 Å². The number of hydrogen-bond donors (Lipinski definition) is 1. The molecule has 0 aliphatic heterocycles. The van der Waals surface area contributed by atoms with E-state index in [0.29, 0.717) is 0 Å². The molecule has 1 saturated carbocycles. The fourth-order valence-electron chi connectivity index (χ4n) is 3.03. The predicted molar refractivity (Wildman–Crippen MR) is 78.8 cm³/mol. The summed E-state index contributed by atoms with van der Waals surface area (Å²) < 4.78 is 0. The summed E-state index contributed by atoms with van der Waals surface area (Å²) in [5.41, 5.74) is 1.12. The Labute approximate surface area is 116 Å². The summed E-state index contributed by atoms with van der Waals surface area (Å²) in [7, 11) is 0. The third kappa shape index (κ3) is 4.08. The van der Waals surface area contributed by atoms with E-state index in [4.69, 9.17) is 0 Å². The van der Waals surface area contributed by atoms with Gasteiger partial charge in [0.05, 0.1) is 12.0 Å². The summed E-state index contributed by atoms with van der Waals surface area (Å²) in [6.45, 7) is 4.19. The lowest BCUT2D eigenvalue weighted by Crippen LogP contribution is -2.31. The number of nitrogens with zero attached hydrogens (tertiary/aromatic N) is 1. The molecule has 0 radical (unpaired) electrons. The second-order valence-corrected chi connectivity index (χ2v) is 5.77. The van der Waals surface area contributed by atoms with Crippen LogP contribution in [0.5, 0.6) is 0 Å². The van der Waals surface area contributed by atoms with Crippen LogP contribution in [0.2, 0.25) is 0 Å². The lowest BCUT2D eigenvalue weighted by molar-refractivity contribution is 0.248. The molecule has 19 heavy (non-hydrogen) atoms. The van der Waals surface area contributed by atoms with E-state index in [0.717, 1.165) is 30.5 Å². The Kier molecular flexibility index (Phi) is 5.42. The van der Waals surface area contributed by atoms with Crippen molar-refractivity contribution in [2.75, 3.05) is 13.1 Å². The molecule has 1 aliphatic rings. The molecule has 0 saturated heterocycles. The fraction of sp³-hybridized carbons (Fsp3) is 0.588. The quantitative estimate of drug-likeness (QED) is 0.871. The average Bonchev–Trinajstić information content (AvgIpc) is 2.46. The van der Waals surface area contributed by atoms with Gasteiger partial charge in [-0.2, -0.15) is 5.26 Å². The Balaban J connectivity index is 1.79. The van der Waals surface area contributed by atoms with Crippen molar-refractivity contribution in [2.24, 2.45) is 11.8 Å². The highest BCUT2D eigenvalue weighted by molar-refractivity contribution is 5.24. The molecule has 0 amide bonds. The Bertz CT molecular complexity index is 407. The van der Waals surface area contributed by atoms with Crippen LogP contribution in [-0.2, 0) is 0 Å². The van der Waals surface area contributed by atoms with Gasteiger partial charge in [-0.15, -0.1) is 0 Å². The molecule has 1 N–H and O–H groups in total. The highest BCUT2D eigenvalue weighted by Crippen LogP contribution is 2.28. The summed E-state index contributed by atoms with van der Waals surface area (Å²) in [4.78, 5) is 0. The van der Waals surface area contributed by atoms with Gasteiger partial charge in [-0.3, -0.25) is 0 Å². The third-order valence-corrected chi connectivity index (χ3v) is 4.40. The lowest BCUT2D eigenvalue weighted by atomic mass is 9.80. The molecular weight excluding hydrogens is 232 g/mol. The van der Waals surface area contributed by atoms with Crippen molar-refractivity contribution in [1.29, 1.82) is 5.26 Å². The zero-order valence-electron chi connectivity index (χ0n) is 11.8. The van der Waals surface area contributed by atoms with Gasteiger partial charge in [0.25, 0.3) is 0 Å². The summed E-state index contributed by atoms with van der Waals surface area (Å²) in [5, 5.41) is 12.8. The van der Waals surface area contributed by atoms with Crippen molar-refractivity contribution in [1.82, 2.24) is 5.32 Å². The molecule has 3 unspecified atom stereocenters. The summed E-state index contributed by atoms with van der Waals surface area (Å²) in [5.74, 6) is 1.60. The van der Waals surface area contributed by atoms with E-state index < -0.39 is 0 Å². The molecule has 1 fully saturated rings. The fourth-order valence-corrected chi connectivity index (χ4v) is 3.03. The first-order valence-electron chi connectivity index (χ1n) is 7.46. The van der Waals surface area contributed by atoms with Gasteiger partial charge in [-0.1, -0.05) is 56.5 Å². The number of rotatable bonds is 5. The third-order valence-electron chi connectivity index (χ3n) is 4.40. The first kappa shape index (κ1) is 14.1. The van der Waals surface area contributed by atoms with Gasteiger partial charge in [0.1, 0.15) is 0 Å². The molecule has 0 bridgehead atoms. The number of benzene rings is 1. The SMILES string of the molecule is CC1CCCCC1CNCC(C#N)c1ccccc1. The van der Waals surface area contributed by atoms with E-state index in [2.05, 4.69) is 18.3 Å². The molecule has 0 heterocycles. The molecule has 0 aromatic heterocycles. The van der Waals surface area contributed by atoms with Crippen molar-refractivity contribution < 1.29 is 0 Å². The second-order valence-electron chi connectivity index (χ2n) is 5.77. The van der Waals surface area contributed by atoms with E-state index >= 15 is 0 Å². The maximum atomic E-state index is 9.28. The Morgan fingerprint density at radius 2 is 2.00 bits per heavy atom. The van der Waals surface area contributed by atoms with Gasteiger partial charge < -0.3 is 5.32 Å². The van der Waals surface area contributed by atoms with Crippen molar-refractivity contribution in [2.45, 2.75) is 38.5 Å². The van der Waals surface area contributed by atoms with Crippen LogP contribution in [0.15, 0.2) is 30.3 Å². The molecule has 1 aromatic carbocycles. The molecule has 3 atom stereocenters. The molecule has 2 rings (SSSR count). The van der Waals surface area contributed by atoms with Crippen LogP contribution in [0, 0.1) is 23.2 Å². The molecule has 2 nitrogen and oxygen atoms in total. The number of nitriles is 1. The van der Waals surface area contributed by atoms with Crippen molar-refractivity contribution in [3.8, 4) is 6.07 Å². The maximum absolute atomic E-state index is 9.28. The lowest BCUT2D eigenvalue weighted by Gasteiger charge is -2.29. The van der Waals surface area contributed by atoms with E-state index in [9.17, 15) is 5.26 Å². The van der Waals surface area contributed by atoms with Crippen LogP contribution < -0.4 is 5.32 Å². The molecule has 0 spiro atoms. The van der Waals surface area contributed by atoms with Gasteiger partial charge in [0.15, 0.2) is 0 Å². The van der Waals surface area contributed by atoms with Crippen molar-refractivity contribution in [3.63, 3.8) is 0 Å². The van der Waals surface area contributed by atoms with E-state index in [1.54, 1.807) is 0 Å². The summed E-state index contributed by atoms with van der Waals surface area (Å²) >= 11 is 0. The normalized spacial score (nSPS) is 24.6. The summed E-state index contributed by atoms with van der Waals surface area (Å²) in [6, 6.07) is 12.5. The highest BCUT2D eigenvalue weighted by Gasteiger charge is 2.21. The first-order chi connectivity index (χ1) is 9.31. The van der Waals surface area contributed by atoms with E-state index in [1.807, 2.05) is 30.3 Å². The standard InChI is InChI=1S/C17H24N2/c1-14-7-5-6-10-16(14)12-19-13-17(11-18)15-8-3-2-4-9-15/h2-4,8-9,14,16-17,19H,5-7,10,12-13H2,1H3. The molecule has 102 valence electrons. The Hall–Kier alpha value is -1.33. The van der Waals surface area contributed by atoms with Gasteiger partial charge >= 0.3 is 0 Å². The van der Waals surface area contributed by atoms with Crippen LogP contribution in [0.3, 0.4) is 0 Å². The minimum Gasteiger partial charge on any atom is -0.315 e. The maximum Gasteiger partial charge on any atom is 0.0837 e. The van der Waals surface area contributed by atoms with Gasteiger partial charge in [0.2, 0.25) is 0 Å². The molecular formula is C17H24N2. The zero-order valence-corrected chi connectivity index (χ0v) is 11.8.